The molecule has 0 saturated heterocycles. The lowest BCUT2D eigenvalue weighted by Crippen LogP contribution is -2.31. The van der Waals surface area contributed by atoms with Gasteiger partial charge in [-0.1, -0.05) is 35.5 Å². The van der Waals surface area contributed by atoms with Crippen molar-refractivity contribution in [1.82, 2.24) is 0 Å². The number of carbonyl (C=O) groups excluding carboxylic acids is 2. The summed E-state index contributed by atoms with van der Waals surface area (Å²) in [7, 11) is 0. The van der Waals surface area contributed by atoms with E-state index in [0.29, 0.717) is 27.1 Å². The molecule has 1 aromatic heterocycles. The third kappa shape index (κ3) is 6.41. The number of carbonyl (C=O) groups is 2. The van der Waals surface area contributed by atoms with Gasteiger partial charge in [0.25, 0.3) is 5.91 Å². The number of nitriles is 1. The summed E-state index contributed by atoms with van der Waals surface area (Å²) in [6.45, 7) is 3.33. The zero-order valence-electron chi connectivity index (χ0n) is 21.2. The number of halogens is 4. The first-order chi connectivity index (χ1) is 19.0. The molecule has 3 aromatic rings. The Morgan fingerprint density at radius 1 is 1.12 bits per heavy atom. The van der Waals surface area contributed by atoms with Crippen LogP contribution >= 0.6 is 23.4 Å². The van der Waals surface area contributed by atoms with Gasteiger partial charge >= 0.3 is 6.18 Å². The fraction of sp³-hybridized carbons (Fsp3) is 0.214. The van der Waals surface area contributed by atoms with Gasteiger partial charge in [0.1, 0.15) is 11.7 Å². The van der Waals surface area contributed by atoms with Gasteiger partial charge in [0.2, 0.25) is 5.91 Å². The van der Waals surface area contributed by atoms with Crippen LogP contribution in [0.15, 0.2) is 81.5 Å². The molecule has 2 aromatic carbocycles. The van der Waals surface area contributed by atoms with E-state index in [1.807, 2.05) is 0 Å². The minimum atomic E-state index is -4.59. The smallest absolute Gasteiger partial charge is 0.416 e. The molecule has 2 N–H and O–H groups in total. The standard InChI is InChI=1S/C28H22ClF3N4O3S/c1-15-20(29)8-4-9-21(15)36-23(37)14-40-27-19(13-33)25(22-10-5-11-39-22)24(16(2)34-27)26(38)35-18-7-3-6-17(12-18)28(30,31)32/h3-12,19,25H,14H2,1-2H3,(H,35,38)(H,36,37)/t19?,25-/m0/s1. The van der Waals surface area contributed by atoms with Crippen LogP contribution in [-0.4, -0.2) is 22.6 Å². The van der Waals surface area contributed by atoms with E-state index in [0.717, 1.165) is 23.9 Å². The largest absolute Gasteiger partial charge is 0.469 e. The molecule has 1 aliphatic rings. The maximum absolute atomic E-state index is 13.4. The molecule has 0 radical (unpaired) electrons. The SMILES string of the molecule is CC1=C(C(=O)Nc2cccc(C(F)(F)F)c2)[C@H](c2ccco2)C(C#N)C(SCC(=O)Nc2cccc(Cl)c2C)=N1. The number of hydrogen-bond acceptors (Lipinski definition) is 6. The van der Waals surface area contributed by atoms with Crippen molar-refractivity contribution in [3.05, 3.63) is 94.0 Å². The summed E-state index contributed by atoms with van der Waals surface area (Å²) in [6, 6.07) is 14.7. The third-order valence-corrected chi connectivity index (χ3v) is 7.61. The fourth-order valence-corrected chi connectivity index (χ4v) is 5.30. The molecule has 206 valence electrons. The van der Waals surface area contributed by atoms with Crippen molar-refractivity contribution in [2.75, 3.05) is 16.4 Å². The van der Waals surface area contributed by atoms with Gasteiger partial charge in [0.05, 0.1) is 40.2 Å². The first-order valence-corrected chi connectivity index (χ1v) is 13.2. The highest BCUT2D eigenvalue weighted by Crippen LogP contribution is 2.42. The first-order valence-electron chi connectivity index (χ1n) is 11.9. The Labute approximate surface area is 237 Å². The van der Waals surface area contributed by atoms with Crippen LogP contribution in [0.5, 0.6) is 0 Å². The summed E-state index contributed by atoms with van der Waals surface area (Å²) in [6.07, 6.45) is -3.20. The molecule has 0 bridgehead atoms. The normalized spacial score (nSPS) is 17.2. The van der Waals surface area contributed by atoms with Crippen molar-refractivity contribution >= 4 is 51.6 Å². The minimum Gasteiger partial charge on any atom is -0.469 e. The topological polar surface area (TPSA) is 107 Å². The maximum atomic E-state index is 13.4. The highest BCUT2D eigenvalue weighted by Gasteiger charge is 2.41. The molecule has 1 aliphatic heterocycles. The van der Waals surface area contributed by atoms with Crippen molar-refractivity contribution in [3.8, 4) is 6.07 Å². The van der Waals surface area contributed by atoms with Crippen molar-refractivity contribution in [2.45, 2.75) is 25.9 Å². The quantitative estimate of drug-likeness (QED) is 0.318. The number of benzene rings is 2. The molecule has 0 saturated carbocycles. The van der Waals surface area contributed by atoms with E-state index in [1.54, 1.807) is 44.2 Å². The van der Waals surface area contributed by atoms with Crippen molar-refractivity contribution < 1.29 is 27.2 Å². The lowest BCUT2D eigenvalue weighted by atomic mass is 9.81. The number of furan rings is 1. The van der Waals surface area contributed by atoms with Crippen molar-refractivity contribution in [1.29, 1.82) is 5.26 Å². The Hall–Kier alpha value is -4.01. The molecule has 12 heteroatoms. The van der Waals surface area contributed by atoms with Crippen molar-refractivity contribution in [2.24, 2.45) is 10.9 Å². The summed E-state index contributed by atoms with van der Waals surface area (Å²) in [5.41, 5.74) is 0.594. The first kappa shape index (κ1) is 29.0. The summed E-state index contributed by atoms with van der Waals surface area (Å²) in [5, 5.41) is 16.2. The molecular formula is C28H22ClF3N4O3S. The molecule has 1 unspecified atom stereocenters. The zero-order chi connectivity index (χ0) is 29.0. The Bertz CT molecular complexity index is 1540. The summed E-state index contributed by atoms with van der Waals surface area (Å²) in [4.78, 5) is 30.5. The molecule has 2 amide bonds. The summed E-state index contributed by atoms with van der Waals surface area (Å²) >= 11 is 7.17. The Balaban J connectivity index is 1.61. The van der Waals surface area contributed by atoms with Gasteiger partial charge in [-0.25, -0.2) is 4.99 Å². The number of rotatable bonds is 6. The Morgan fingerprint density at radius 2 is 1.88 bits per heavy atom. The Morgan fingerprint density at radius 3 is 2.55 bits per heavy atom. The lowest BCUT2D eigenvalue weighted by Gasteiger charge is -2.28. The molecule has 2 heterocycles. The molecule has 7 nitrogen and oxygen atoms in total. The number of hydrogen-bond donors (Lipinski definition) is 2. The molecule has 0 aliphatic carbocycles. The van der Waals surface area contributed by atoms with Gasteiger partial charge in [0.15, 0.2) is 0 Å². The number of nitrogens with zero attached hydrogens (tertiary/aromatic N) is 2. The second kappa shape index (κ2) is 12.0. The van der Waals surface area contributed by atoms with Crippen LogP contribution in [0, 0.1) is 24.2 Å². The molecule has 0 fully saturated rings. The predicted molar refractivity (Wildman–Crippen MR) is 148 cm³/mol. The third-order valence-electron chi connectivity index (χ3n) is 6.15. The number of nitrogens with one attached hydrogen (secondary N) is 2. The van der Waals surface area contributed by atoms with E-state index in [9.17, 15) is 28.0 Å². The number of anilines is 2. The Kier molecular flexibility index (Phi) is 8.71. The summed E-state index contributed by atoms with van der Waals surface area (Å²) < 4.78 is 45.1. The van der Waals surface area contributed by atoms with E-state index in [-0.39, 0.29) is 28.6 Å². The number of allylic oxidation sites excluding steroid dienone is 1. The fourth-order valence-electron chi connectivity index (χ4n) is 4.20. The van der Waals surface area contributed by atoms with Crippen LogP contribution in [0.2, 0.25) is 5.02 Å². The van der Waals surface area contributed by atoms with Crippen LogP contribution in [0.4, 0.5) is 24.5 Å². The van der Waals surface area contributed by atoms with Crippen LogP contribution < -0.4 is 10.6 Å². The minimum absolute atomic E-state index is 0.0658. The molecular weight excluding hydrogens is 565 g/mol. The average Bonchev–Trinajstić information content (AvgIpc) is 3.44. The van der Waals surface area contributed by atoms with Gasteiger partial charge in [-0.15, -0.1) is 0 Å². The molecule has 40 heavy (non-hydrogen) atoms. The van der Waals surface area contributed by atoms with Gasteiger partial charge in [-0.2, -0.15) is 18.4 Å². The monoisotopic (exact) mass is 586 g/mol. The molecule has 2 atom stereocenters. The number of alkyl halides is 3. The van der Waals surface area contributed by atoms with Crippen LogP contribution in [0.3, 0.4) is 0 Å². The van der Waals surface area contributed by atoms with Crippen LogP contribution in [0.1, 0.15) is 29.7 Å². The van der Waals surface area contributed by atoms with Gasteiger partial charge in [-0.05, 0) is 61.9 Å². The summed E-state index contributed by atoms with van der Waals surface area (Å²) in [5.74, 6) is -2.76. The predicted octanol–water partition coefficient (Wildman–Crippen LogP) is 7.18. The van der Waals surface area contributed by atoms with E-state index < -0.39 is 29.5 Å². The molecule has 0 spiro atoms. The number of aliphatic imine (C=N–C) groups is 1. The number of thioether (sulfide) groups is 1. The van der Waals surface area contributed by atoms with Crippen LogP contribution in [-0.2, 0) is 15.8 Å². The van der Waals surface area contributed by atoms with Gasteiger partial charge in [-0.3, -0.25) is 9.59 Å². The lowest BCUT2D eigenvalue weighted by molar-refractivity contribution is -0.137. The van der Waals surface area contributed by atoms with Crippen molar-refractivity contribution in [3.63, 3.8) is 0 Å². The highest BCUT2D eigenvalue weighted by atomic mass is 35.5. The average molecular weight is 587 g/mol. The van der Waals surface area contributed by atoms with E-state index in [4.69, 9.17) is 16.0 Å². The number of amides is 2. The van der Waals surface area contributed by atoms with E-state index in [2.05, 4.69) is 21.7 Å². The molecule has 4 rings (SSSR count). The van der Waals surface area contributed by atoms with E-state index in [1.165, 1.54) is 18.4 Å². The van der Waals surface area contributed by atoms with Gasteiger partial charge < -0.3 is 15.1 Å². The second-order valence-electron chi connectivity index (χ2n) is 8.83. The maximum Gasteiger partial charge on any atom is 0.416 e. The highest BCUT2D eigenvalue weighted by molar-refractivity contribution is 8.14. The van der Waals surface area contributed by atoms with Gasteiger partial charge in [0, 0.05) is 22.1 Å². The zero-order valence-corrected chi connectivity index (χ0v) is 22.7. The van der Waals surface area contributed by atoms with Crippen LogP contribution in [0.25, 0.3) is 0 Å². The second-order valence-corrected chi connectivity index (χ2v) is 10.2. The van der Waals surface area contributed by atoms with E-state index >= 15 is 0 Å².